The molecule has 110 valence electrons. The zero-order valence-electron chi connectivity index (χ0n) is 13.2. The highest BCUT2D eigenvalue weighted by Gasteiger charge is 2.16. The number of rotatable bonds is 6. The second-order valence-electron chi connectivity index (χ2n) is 5.73. The highest BCUT2D eigenvalue weighted by Crippen LogP contribution is 2.34. The van der Waals surface area contributed by atoms with Crippen molar-refractivity contribution >= 4 is 11.0 Å². The molecule has 1 heterocycles. The van der Waals surface area contributed by atoms with Crippen LogP contribution in [-0.4, -0.2) is 13.7 Å². The maximum absolute atomic E-state index is 6.06. The summed E-state index contributed by atoms with van der Waals surface area (Å²) >= 11 is 0. The van der Waals surface area contributed by atoms with E-state index >= 15 is 0 Å². The van der Waals surface area contributed by atoms with Crippen LogP contribution < -0.4 is 10.1 Å². The summed E-state index contributed by atoms with van der Waals surface area (Å²) in [5, 5.41) is 4.64. The fourth-order valence-corrected chi connectivity index (χ4v) is 2.56. The molecule has 0 aliphatic rings. The molecule has 0 atom stereocenters. The first-order valence-corrected chi connectivity index (χ1v) is 7.36. The number of nitrogens with one attached hydrogen (secondary N) is 1. The molecule has 1 N–H and O–H groups in total. The standard InChI is InChI=1S/C17H25NO2/c1-6-13-14-7-12(4)8-15(19-5)17(14)20-16(13)10-18-9-11(2)3/h7-8,11,18H,6,9-10H2,1-5H3. The second-order valence-corrected chi connectivity index (χ2v) is 5.73. The third kappa shape index (κ3) is 2.98. The quantitative estimate of drug-likeness (QED) is 0.863. The lowest BCUT2D eigenvalue weighted by Crippen LogP contribution is -2.19. The van der Waals surface area contributed by atoms with Crippen LogP contribution in [0.4, 0.5) is 0 Å². The Labute approximate surface area is 121 Å². The van der Waals surface area contributed by atoms with Crippen molar-refractivity contribution in [2.75, 3.05) is 13.7 Å². The summed E-state index contributed by atoms with van der Waals surface area (Å²) in [5.74, 6) is 2.50. The highest BCUT2D eigenvalue weighted by atomic mass is 16.5. The summed E-state index contributed by atoms with van der Waals surface area (Å²) in [6, 6.07) is 4.21. The summed E-state index contributed by atoms with van der Waals surface area (Å²) in [4.78, 5) is 0. The monoisotopic (exact) mass is 275 g/mol. The number of benzene rings is 1. The molecule has 1 aromatic heterocycles. The molecular weight excluding hydrogens is 250 g/mol. The maximum Gasteiger partial charge on any atom is 0.176 e. The Morgan fingerprint density at radius 1 is 1.30 bits per heavy atom. The van der Waals surface area contributed by atoms with Crippen molar-refractivity contribution in [1.29, 1.82) is 0 Å². The molecule has 0 unspecified atom stereocenters. The molecule has 0 bridgehead atoms. The van der Waals surface area contributed by atoms with E-state index < -0.39 is 0 Å². The van der Waals surface area contributed by atoms with Gasteiger partial charge in [-0.3, -0.25) is 0 Å². The van der Waals surface area contributed by atoms with Crippen molar-refractivity contribution in [2.24, 2.45) is 5.92 Å². The van der Waals surface area contributed by atoms with Crippen molar-refractivity contribution in [3.8, 4) is 5.75 Å². The molecule has 0 radical (unpaired) electrons. The van der Waals surface area contributed by atoms with Gasteiger partial charge in [0.25, 0.3) is 0 Å². The van der Waals surface area contributed by atoms with Gasteiger partial charge in [-0.15, -0.1) is 0 Å². The van der Waals surface area contributed by atoms with Gasteiger partial charge in [0, 0.05) is 10.9 Å². The lowest BCUT2D eigenvalue weighted by molar-refractivity contribution is 0.404. The molecular formula is C17H25NO2. The predicted octanol–water partition coefficient (Wildman–Crippen LogP) is 4.06. The van der Waals surface area contributed by atoms with Crippen LogP contribution in [0.15, 0.2) is 16.5 Å². The van der Waals surface area contributed by atoms with Gasteiger partial charge in [0.05, 0.1) is 13.7 Å². The van der Waals surface area contributed by atoms with Crippen LogP contribution in [0.2, 0.25) is 0 Å². The molecule has 0 aliphatic carbocycles. The number of methoxy groups -OCH3 is 1. The minimum absolute atomic E-state index is 0.640. The zero-order valence-corrected chi connectivity index (χ0v) is 13.2. The molecule has 3 nitrogen and oxygen atoms in total. The Kier molecular flexibility index (Phi) is 4.71. The smallest absolute Gasteiger partial charge is 0.176 e. The summed E-state index contributed by atoms with van der Waals surface area (Å²) in [7, 11) is 1.69. The molecule has 0 amide bonds. The Morgan fingerprint density at radius 3 is 2.65 bits per heavy atom. The van der Waals surface area contributed by atoms with Crippen LogP contribution in [0.5, 0.6) is 5.75 Å². The predicted molar refractivity (Wildman–Crippen MR) is 83.4 cm³/mol. The summed E-state index contributed by atoms with van der Waals surface area (Å²) in [6.07, 6.45) is 0.971. The lowest BCUT2D eigenvalue weighted by Gasteiger charge is -2.06. The first-order valence-electron chi connectivity index (χ1n) is 7.36. The Balaban J connectivity index is 2.39. The van der Waals surface area contributed by atoms with Crippen LogP contribution >= 0.6 is 0 Å². The van der Waals surface area contributed by atoms with Crippen LogP contribution in [-0.2, 0) is 13.0 Å². The van der Waals surface area contributed by atoms with Gasteiger partial charge in [-0.1, -0.05) is 20.8 Å². The molecule has 0 saturated heterocycles. The fourth-order valence-electron chi connectivity index (χ4n) is 2.56. The zero-order chi connectivity index (χ0) is 14.7. The van der Waals surface area contributed by atoms with E-state index in [-0.39, 0.29) is 0 Å². The number of ether oxygens (including phenoxy) is 1. The van der Waals surface area contributed by atoms with E-state index in [1.807, 2.05) is 6.07 Å². The molecule has 3 heteroatoms. The van der Waals surface area contributed by atoms with Crippen LogP contribution in [0.25, 0.3) is 11.0 Å². The first-order chi connectivity index (χ1) is 9.56. The van der Waals surface area contributed by atoms with Crippen molar-refractivity contribution in [1.82, 2.24) is 5.32 Å². The molecule has 0 saturated carbocycles. The van der Waals surface area contributed by atoms with E-state index in [4.69, 9.17) is 9.15 Å². The summed E-state index contributed by atoms with van der Waals surface area (Å²) in [6.45, 7) is 10.4. The minimum Gasteiger partial charge on any atom is -0.493 e. The van der Waals surface area contributed by atoms with Crippen molar-refractivity contribution < 1.29 is 9.15 Å². The van der Waals surface area contributed by atoms with E-state index in [0.717, 1.165) is 36.6 Å². The molecule has 0 aliphatic heterocycles. The van der Waals surface area contributed by atoms with Gasteiger partial charge in [0.2, 0.25) is 0 Å². The molecule has 0 fully saturated rings. The number of hydrogen-bond acceptors (Lipinski definition) is 3. The van der Waals surface area contributed by atoms with Gasteiger partial charge in [-0.2, -0.15) is 0 Å². The largest absolute Gasteiger partial charge is 0.493 e. The van der Waals surface area contributed by atoms with Crippen LogP contribution in [0.3, 0.4) is 0 Å². The van der Waals surface area contributed by atoms with E-state index in [0.29, 0.717) is 5.92 Å². The maximum atomic E-state index is 6.06. The van der Waals surface area contributed by atoms with Crippen molar-refractivity contribution in [3.05, 3.63) is 29.0 Å². The highest BCUT2D eigenvalue weighted by molar-refractivity contribution is 5.88. The molecule has 2 aromatic rings. The first kappa shape index (κ1) is 14.9. The average Bonchev–Trinajstić information content (AvgIpc) is 2.74. The molecule has 1 aromatic carbocycles. The third-order valence-corrected chi connectivity index (χ3v) is 3.50. The van der Waals surface area contributed by atoms with Gasteiger partial charge < -0.3 is 14.5 Å². The van der Waals surface area contributed by atoms with E-state index in [1.54, 1.807) is 7.11 Å². The van der Waals surface area contributed by atoms with E-state index in [1.165, 1.54) is 16.5 Å². The number of furan rings is 1. The normalized spacial score (nSPS) is 11.5. The van der Waals surface area contributed by atoms with E-state index in [9.17, 15) is 0 Å². The number of fused-ring (bicyclic) bond motifs is 1. The Bertz CT molecular complexity index is 584. The minimum atomic E-state index is 0.640. The van der Waals surface area contributed by atoms with Gasteiger partial charge in [0.1, 0.15) is 5.76 Å². The Morgan fingerprint density at radius 2 is 2.05 bits per heavy atom. The van der Waals surface area contributed by atoms with Gasteiger partial charge in [0.15, 0.2) is 11.3 Å². The molecule has 0 spiro atoms. The topological polar surface area (TPSA) is 34.4 Å². The SMILES string of the molecule is CCc1c(CNCC(C)C)oc2c(OC)cc(C)cc12. The lowest BCUT2D eigenvalue weighted by atomic mass is 10.1. The fraction of sp³-hybridized carbons (Fsp3) is 0.529. The second kappa shape index (κ2) is 6.31. The van der Waals surface area contributed by atoms with Crippen LogP contribution in [0.1, 0.15) is 37.7 Å². The number of hydrogen-bond donors (Lipinski definition) is 1. The molecule has 2 rings (SSSR count). The third-order valence-electron chi connectivity index (χ3n) is 3.50. The number of aryl methyl sites for hydroxylation is 2. The average molecular weight is 275 g/mol. The van der Waals surface area contributed by atoms with E-state index in [2.05, 4.69) is 39.1 Å². The molecule has 20 heavy (non-hydrogen) atoms. The Hall–Kier alpha value is -1.48. The van der Waals surface area contributed by atoms with Gasteiger partial charge >= 0.3 is 0 Å². The van der Waals surface area contributed by atoms with Crippen molar-refractivity contribution in [2.45, 2.75) is 40.7 Å². The van der Waals surface area contributed by atoms with Crippen molar-refractivity contribution in [3.63, 3.8) is 0 Å². The van der Waals surface area contributed by atoms with Gasteiger partial charge in [-0.05, 0) is 43.5 Å². The van der Waals surface area contributed by atoms with Gasteiger partial charge in [-0.25, -0.2) is 0 Å². The summed E-state index contributed by atoms with van der Waals surface area (Å²) in [5.41, 5.74) is 3.36. The van der Waals surface area contributed by atoms with Crippen LogP contribution in [0, 0.1) is 12.8 Å². The summed E-state index contributed by atoms with van der Waals surface area (Å²) < 4.78 is 11.5.